The van der Waals surface area contributed by atoms with Crippen LogP contribution in [0.25, 0.3) is 11.0 Å². The van der Waals surface area contributed by atoms with Crippen molar-refractivity contribution in [2.75, 3.05) is 6.61 Å². The van der Waals surface area contributed by atoms with Gasteiger partial charge in [-0.3, -0.25) is 14.2 Å². The first kappa shape index (κ1) is 20.0. The van der Waals surface area contributed by atoms with Crippen LogP contribution in [0.2, 0.25) is 0 Å². The number of benzene rings is 1. The van der Waals surface area contributed by atoms with E-state index in [-0.39, 0.29) is 24.2 Å². The van der Waals surface area contributed by atoms with E-state index in [0.717, 1.165) is 12.8 Å². The Hall–Kier alpha value is -3.26. The molecule has 156 valence electrons. The van der Waals surface area contributed by atoms with Crippen LogP contribution in [0.15, 0.2) is 47.4 Å². The lowest BCUT2D eigenvalue weighted by Gasteiger charge is -2.28. The van der Waals surface area contributed by atoms with E-state index in [0.29, 0.717) is 18.4 Å². The summed E-state index contributed by atoms with van der Waals surface area (Å²) in [6.45, 7) is -0.184. The van der Waals surface area contributed by atoms with Gasteiger partial charge in [0.2, 0.25) is 0 Å². The van der Waals surface area contributed by atoms with Crippen LogP contribution >= 0.6 is 0 Å². The lowest BCUT2D eigenvalue weighted by Crippen LogP contribution is -2.50. The number of pyridine rings is 2. The minimum atomic E-state index is -0.790. The molecule has 1 saturated carbocycles. The van der Waals surface area contributed by atoms with Crippen molar-refractivity contribution in [3.63, 3.8) is 0 Å². The Morgan fingerprint density at radius 1 is 1.20 bits per heavy atom. The molecule has 1 amide bonds. The van der Waals surface area contributed by atoms with E-state index in [9.17, 15) is 24.2 Å². The minimum absolute atomic E-state index is 0.0539. The molecule has 7 nitrogen and oxygen atoms in total. The van der Waals surface area contributed by atoms with Crippen LogP contribution in [0.3, 0.4) is 0 Å². The normalized spacial score (nSPS) is 15.4. The summed E-state index contributed by atoms with van der Waals surface area (Å²) >= 11 is 0. The van der Waals surface area contributed by atoms with Crippen LogP contribution in [-0.4, -0.2) is 37.8 Å². The van der Waals surface area contributed by atoms with Gasteiger partial charge in [0.05, 0.1) is 24.1 Å². The highest BCUT2D eigenvalue weighted by atomic mass is 19.1. The van der Waals surface area contributed by atoms with Gasteiger partial charge in [-0.15, -0.1) is 0 Å². The maximum atomic E-state index is 13.3. The molecule has 1 aliphatic rings. The standard InChI is InChI=1S/C22H22FN3O4/c23-15-7-5-14(6-8-15)12-26-19-16(4-3-11-24-19)18(28)17(21(26)30)20(29)25-22(13-27)9-1-2-10-22/h3-8,11,27-28H,1-2,9-10,12-13H2,(H,25,29). The third kappa shape index (κ3) is 3.54. The van der Waals surface area contributed by atoms with Crippen molar-refractivity contribution >= 4 is 16.9 Å². The van der Waals surface area contributed by atoms with E-state index in [1.807, 2.05) is 0 Å². The maximum absolute atomic E-state index is 13.3. The predicted octanol–water partition coefficient (Wildman–Crippen LogP) is 2.32. The molecule has 30 heavy (non-hydrogen) atoms. The van der Waals surface area contributed by atoms with Crippen LogP contribution in [-0.2, 0) is 6.54 Å². The Kier molecular flexibility index (Phi) is 5.26. The number of fused-ring (bicyclic) bond motifs is 1. The molecular weight excluding hydrogens is 389 g/mol. The second-order valence-corrected chi connectivity index (χ2v) is 7.72. The maximum Gasteiger partial charge on any atom is 0.269 e. The van der Waals surface area contributed by atoms with Gasteiger partial charge in [0.1, 0.15) is 22.8 Å². The molecule has 1 fully saturated rings. The first-order chi connectivity index (χ1) is 14.4. The molecule has 0 bridgehead atoms. The molecule has 3 aromatic rings. The van der Waals surface area contributed by atoms with Crippen LogP contribution in [0.1, 0.15) is 41.6 Å². The first-order valence-electron chi connectivity index (χ1n) is 9.82. The summed E-state index contributed by atoms with van der Waals surface area (Å²) in [5.74, 6) is -1.57. The number of aliphatic hydroxyl groups excluding tert-OH is 1. The van der Waals surface area contributed by atoms with Gasteiger partial charge in [0.25, 0.3) is 11.5 Å². The fourth-order valence-corrected chi connectivity index (χ4v) is 4.07. The van der Waals surface area contributed by atoms with Crippen LogP contribution in [0.4, 0.5) is 4.39 Å². The van der Waals surface area contributed by atoms with E-state index in [1.165, 1.54) is 22.9 Å². The van der Waals surface area contributed by atoms with Gasteiger partial charge in [-0.05, 0) is 42.7 Å². The summed E-state index contributed by atoms with van der Waals surface area (Å²) in [6.07, 6.45) is 4.43. The van der Waals surface area contributed by atoms with E-state index >= 15 is 0 Å². The van der Waals surface area contributed by atoms with Gasteiger partial charge in [0, 0.05) is 6.20 Å². The van der Waals surface area contributed by atoms with Gasteiger partial charge >= 0.3 is 0 Å². The Morgan fingerprint density at radius 3 is 2.57 bits per heavy atom. The molecule has 4 rings (SSSR count). The smallest absolute Gasteiger partial charge is 0.269 e. The number of halogens is 1. The molecular formula is C22H22FN3O4. The van der Waals surface area contributed by atoms with Gasteiger partial charge in [-0.2, -0.15) is 0 Å². The molecule has 1 aromatic carbocycles. The van der Waals surface area contributed by atoms with Crippen LogP contribution in [0.5, 0.6) is 5.75 Å². The summed E-state index contributed by atoms with van der Waals surface area (Å²) in [5, 5.41) is 23.6. The van der Waals surface area contributed by atoms with E-state index in [4.69, 9.17) is 0 Å². The highest BCUT2D eigenvalue weighted by Crippen LogP contribution is 2.31. The van der Waals surface area contributed by atoms with Gasteiger partial charge in [-0.1, -0.05) is 25.0 Å². The number of nitrogens with one attached hydrogen (secondary N) is 1. The highest BCUT2D eigenvalue weighted by molar-refractivity contribution is 6.02. The number of amides is 1. The SMILES string of the molecule is O=C(NC1(CO)CCCC1)c1c(O)c2cccnc2n(Cc2ccc(F)cc2)c1=O. The van der Waals surface area contributed by atoms with Crippen LogP contribution in [0, 0.1) is 5.82 Å². The number of hydrogen-bond acceptors (Lipinski definition) is 5. The molecule has 0 radical (unpaired) electrons. The van der Waals surface area contributed by atoms with Crippen molar-refractivity contribution in [3.05, 3.63) is 69.9 Å². The quantitative estimate of drug-likeness (QED) is 0.598. The number of aromatic nitrogens is 2. The zero-order valence-electron chi connectivity index (χ0n) is 16.3. The molecule has 2 aromatic heterocycles. The van der Waals surface area contributed by atoms with Gasteiger partial charge < -0.3 is 15.5 Å². The average molecular weight is 411 g/mol. The largest absolute Gasteiger partial charge is 0.506 e. The van der Waals surface area contributed by atoms with Crippen LogP contribution < -0.4 is 10.9 Å². The Bertz CT molecular complexity index is 1150. The third-order valence-corrected chi connectivity index (χ3v) is 5.72. The lowest BCUT2D eigenvalue weighted by molar-refractivity contribution is 0.0834. The molecule has 3 N–H and O–H groups in total. The number of nitrogens with zero attached hydrogens (tertiary/aromatic N) is 2. The Balaban J connectivity index is 1.82. The lowest BCUT2D eigenvalue weighted by atomic mass is 9.98. The van der Waals surface area contributed by atoms with E-state index in [2.05, 4.69) is 10.3 Å². The minimum Gasteiger partial charge on any atom is -0.506 e. The molecule has 0 aliphatic heterocycles. The van der Waals surface area contributed by atoms with Crippen molar-refractivity contribution in [1.29, 1.82) is 0 Å². The topological polar surface area (TPSA) is 104 Å². The molecule has 8 heteroatoms. The second kappa shape index (κ2) is 7.87. The van der Waals surface area contributed by atoms with Crippen molar-refractivity contribution in [2.45, 2.75) is 37.8 Å². The molecule has 0 atom stereocenters. The fourth-order valence-electron chi connectivity index (χ4n) is 4.07. The molecule has 0 saturated heterocycles. The zero-order chi connectivity index (χ0) is 21.3. The molecule has 1 aliphatic carbocycles. The third-order valence-electron chi connectivity index (χ3n) is 5.72. The summed E-state index contributed by atoms with van der Waals surface area (Å²) in [6, 6.07) is 8.84. The van der Waals surface area contributed by atoms with Crippen molar-refractivity contribution in [2.24, 2.45) is 0 Å². The Morgan fingerprint density at radius 2 is 1.90 bits per heavy atom. The zero-order valence-corrected chi connectivity index (χ0v) is 16.3. The monoisotopic (exact) mass is 411 g/mol. The second-order valence-electron chi connectivity index (χ2n) is 7.72. The first-order valence-corrected chi connectivity index (χ1v) is 9.82. The predicted molar refractivity (Wildman–Crippen MR) is 109 cm³/mol. The number of carbonyl (C=O) groups is 1. The summed E-state index contributed by atoms with van der Waals surface area (Å²) < 4.78 is 14.5. The number of rotatable bonds is 5. The fraction of sp³-hybridized carbons (Fsp3) is 0.318. The molecule has 0 spiro atoms. The number of aliphatic hydroxyl groups is 1. The Labute approximate surface area is 171 Å². The van der Waals surface area contributed by atoms with E-state index < -0.39 is 34.1 Å². The number of aromatic hydroxyl groups is 1. The van der Waals surface area contributed by atoms with Crippen molar-refractivity contribution in [1.82, 2.24) is 14.9 Å². The summed E-state index contributed by atoms with van der Waals surface area (Å²) in [7, 11) is 0. The van der Waals surface area contributed by atoms with Gasteiger partial charge in [-0.25, -0.2) is 9.37 Å². The van der Waals surface area contributed by atoms with Crippen molar-refractivity contribution < 1.29 is 19.4 Å². The molecule has 0 unspecified atom stereocenters. The van der Waals surface area contributed by atoms with Crippen molar-refractivity contribution in [3.8, 4) is 5.75 Å². The number of hydrogen-bond donors (Lipinski definition) is 3. The van der Waals surface area contributed by atoms with Gasteiger partial charge in [0.15, 0.2) is 0 Å². The number of carbonyl (C=O) groups excluding carboxylic acids is 1. The van der Waals surface area contributed by atoms with E-state index in [1.54, 1.807) is 24.3 Å². The summed E-state index contributed by atoms with van der Waals surface area (Å²) in [5.41, 5.74) is -1.02. The highest BCUT2D eigenvalue weighted by Gasteiger charge is 2.36. The molecule has 2 heterocycles. The average Bonchev–Trinajstić information content (AvgIpc) is 3.21. The summed E-state index contributed by atoms with van der Waals surface area (Å²) in [4.78, 5) is 30.5.